The van der Waals surface area contributed by atoms with Crippen molar-refractivity contribution in [2.75, 3.05) is 40.6 Å². The third-order valence-electron chi connectivity index (χ3n) is 2.93. The molecule has 5 nitrogen and oxygen atoms in total. The fourth-order valence-electron chi connectivity index (χ4n) is 1.97. The van der Waals surface area contributed by atoms with Gasteiger partial charge in [0, 0.05) is 26.2 Å². The molecule has 0 spiro atoms. The number of nitrogens with two attached hydrogens (primary N) is 1. The molecule has 0 bridgehead atoms. The van der Waals surface area contributed by atoms with Gasteiger partial charge in [0.15, 0.2) is 11.5 Å². The van der Waals surface area contributed by atoms with Crippen LogP contribution in [-0.4, -0.2) is 46.7 Å². The molecule has 120 valence electrons. The van der Waals surface area contributed by atoms with Crippen LogP contribution in [-0.2, 0) is 15.9 Å². The van der Waals surface area contributed by atoms with Crippen molar-refractivity contribution in [1.82, 2.24) is 0 Å². The largest absolute Gasteiger partial charge is 0.493 e. The van der Waals surface area contributed by atoms with E-state index < -0.39 is 0 Å². The molecule has 0 amide bonds. The van der Waals surface area contributed by atoms with E-state index in [1.54, 1.807) is 14.2 Å². The van der Waals surface area contributed by atoms with E-state index >= 15 is 0 Å². The van der Waals surface area contributed by atoms with Gasteiger partial charge in [-0.25, -0.2) is 0 Å². The first kappa shape index (κ1) is 17.8. The Hall–Kier alpha value is -1.30. The highest BCUT2D eigenvalue weighted by molar-refractivity contribution is 5.47. The first-order valence-electron chi connectivity index (χ1n) is 7.30. The van der Waals surface area contributed by atoms with E-state index in [1.165, 1.54) is 0 Å². The number of rotatable bonds is 11. The average Bonchev–Trinajstić information content (AvgIpc) is 2.46. The molecule has 0 heterocycles. The third kappa shape index (κ3) is 6.80. The lowest BCUT2D eigenvalue weighted by Gasteiger charge is -2.16. The summed E-state index contributed by atoms with van der Waals surface area (Å²) in [7, 11) is 3.31. The SMILES string of the molecule is COCCOCCCOc1c(CC(C)N)cccc1OC. The highest BCUT2D eigenvalue weighted by Crippen LogP contribution is 2.31. The van der Waals surface area contributed by atoms with Crippen molar-refractivity contribution in [3.8, 4) is 11.5 Å². The molecule has 0 saturated carbocycles. The van der Waals surface area contributed by atoms with Gasteiger partial charge in [-0.15, -0.1) is 0 Å². The molecule has 1 atom stereocenters. The van der Waals surface area contributed by atoms with E-state index in [9.17, 15) is 0 Å². The van der Waals surface area contributed by atoms with Gasteiger partial charge in [-0.1, -0.05) is 12.1 Å². The van der Waals surface area contributed by atoms with E-state index in [4.69, 9.17) is 24.7 Å². The normalized spacial score (nSPS) is 12.2. The summed E-state index contributed by atoms with van der Waals surface area (Å²) in [5.41, 5.74) is 6.95. The summed E-state index contributed by atoms with van der Waals surface area (Å²) in [6, 6.07) is 5.96. The van der Waals surface area contributed by atoms with Crippen LogP contribution in [0.15, 0.2) is 18.2 Å². The fourth-order valence-corrected chi connectivity index (χ4v) is 1.97. The molecule has 5 heteroatoms. The molecule has 0 aromatic heterocycles. The van der Waals surface area contributed by atoms with Crippen LogP contribution < -0.4 is 15.2 Å². The lowest BCUT2D eigenvalue weighted by Crippen LogP contribution is -2.18. The third-order valence-corrected chi connectivity index (χ3v) is 2.93. The summed E-state index contributed by atoms with van der Waals surface area (Å²) in [5.74, 6) is 1.53. The first-order valence-corrected chi connectivity index (χ1v) is 7.30. The highest BCUT2D eigenvalue weighted by Gasteiger charge is 2.11. The van der Waals surface area contributed by atoms with Gasteiger partial charge in [-0.2, -0.15) is 0 Å². The molecule has 0 aliphatic rings. The number of methoxy groups -OCH3 is 2. The maximum absolute atomic E-state index is 5.88. The summed E-state index contributed by atoms with van der Waals surface area (Å²) in [4.78, 5) is 0. The first-order chi connectivity index (χ1) is 10.2. The molecule has 0 aliphatic heterocycles. The van der Waals surface area contributed by atoms with Crippen molar-refractivity contribution in [2.45, 2.75) is 25.8 Å². The Kier molecular flexibility index (Phi) is 8.82. The van der Waals surface area contributed by atoms with E-state index in [2.05, 4.69) is 0 Å². The lowest BCUT2D eigenvalue weighted by molar-refractivity contribution is 0.0642. The molecular formula is C16H27NO4. The molecule has 0 radical (unpaired) electrons. The Morgan fingerprint density at radius 3 is 2.57 bits per heavy atom. The van der Waals surface area contributed by atoms with Gasteiger partial charge in [0.05, 0.1) is 26.9 Å². The van der Waals surface area contributed by atoms with Gasteiger partial charge in [-0.05, 0) is 25.0 Å². The molecular weight excluding hydrogens is 270 g/mol. The van der Waals surface area contributed by atoms with Crippen molar-refractivity contribution >= 4 is 0 Å². The summed E-state index contributed by atoms with van der Waals surface area (Å²) in [5, 5.41) is 0. The average molecular weight is 297 g/mol. The van der Waals surface area contributed by atoms with Gasteiger partial charge >= 0.3 is 0 Å². The topological polar surface area (TPSA) is 62.9 Å². The van der Waals surface area contributed by atoms with Crippen LogP contribution in [0.5, 0.6) is 11.5 Å². The van der Waals surface area contributed by atoms with E-state index in [0.29, 0.717) is 26.4 Å². The van der Waals surface area contributed by atoms with Gasteiger partial charge in [0.2, 0.25) is 0 Å². The second-order valence-electron chi connectivity index (χ2n) is 4.94. The standard InChI is InChI=1S/C16H27NO4/c1-13(17)12-14-6-4-7-15(19-3)16(14)21-9-5-8-20-11-10-18-2/h4,6-7,13H,5,8-12,17H2,1-3H3. The summed E-state index contributed by atoms with van der Waals surface area (Å²) in [6.45, 7) is 4.44. The van der Waals surface area contributed by atoms with Crippen LogP contribution in [0.3, 0.4) is 0 Å². The summed E-state index contributed by atoms with van der Waals surface area (Å²) < 4.78 is 21.6. The number of hydrogen-bond donors (Lipinski definition) is 1. The monoisotopic (exact) mass is 297 g/mol. The zero-order valence-electron chi connectivity index (χ0n) is 13.3. The Bertz CT molecular complexity index is 396. The molecule has 0 aliphatic carbocycles. The predicted octanol–water partition coefficient (Wildman–Crippen LogP) is 2.02. The van der Waals surface area contributed by atoms with Crippen molar-refractivity contribution in [2.24, 2.45) is 5.73 Å². The quantitative estimate of drug-likeness (QED) is 0.633. The second kappa shape index (κ2) is 10.4. The Morgan fingerprint density at radius 2 is 1.90 bits per heavy atom. The molecule has 1 aromatic rings. The molecule has 1 rings (SSSR count). The fraction of sp³-hybridized carbons (Fsp3) is 0.625. The minimum atomic E-state index is 0.0804. The zero-order chi connectivity index (χ0) is 15.5. The number of benzene rings is 1. The van der Waals surface area contributed by atoms with Gasteiger partial charge in [-0.3, -0.25) is 0 Å². The van der Waals surface area contributed by atoms with Gasteiger partial charge in [0.25, 0.3) is 0 Å². The van der Waals surface area contributed by atoms with E-state index in [0.717, 1.165) is 29.9 Å². The van der Waals surface area contributed by atoms with Crippen LogP contribution in [0.25, 0.3) is 0 Å². The lowest BCUT2D eigenvalue weighted by atomic mass is 10.1. The van der Waals surface area contributed by atoms with Crippen LogP contribution in [0.1, 0.15) is 18.9 Å². The summed E-state index contributed by atoms with van der Waals surface area (Å²) in [6.07, 6.45) is 1.58. The van der Waals surface area contributed by atoms with Crippen molar-refractivity contribution in [3.63, 3.8) is 0 Å². The molecule has 21 heavy (non-hydrogen) atoms. The van der Waals surface area contributed by atoms with E-state index in [1.807, 2.05) is 25.1 Å². The maximum atomic E-state index is 5.88. The van der Waals surface area contributed by atoms with Gasteiger partial charge in [0.1, 0.15) is 0 Å². The number of para-hydroxylation sites is 1. The smallest absolute Gasteiger partial charge is 0.164 e. The van der Waals surface area contributed by atoms with Crippen LogP contribution >= 0.6 is 0 Å². The molecule has 0 fully saturated rings. The van der Waals surface area contributed by atoms with E-state index in [-0.39, 0.29) is 6.04 Å². The minimum absolute atomic E-state index is 0.0804. The molecule has 0 saturated heterocycles. The van der Waals surface area contributed by atoms with Crippen LogP contribution in [0, 0.1) is 0 Å². The van der Waals surface area contributed by atoms with Crippen LogP contribution in [0.4, 0.5) is 0 Å². The second-order valence-corrected chi connectivity index (χ2v) is 4.94. The maximum Gasteiger partial charge on any atom is 0.164 e. The Labute approximate surface area is 127 Å². The predicted molar refractivity (Wildman–Crippen MR) is 83.2 cm³/mol. The Balaban J connectivity index is 2.48. The summed E-state index contributed by atoms with van der Waals surface area (Å²) >= 11 is 0. The van der Waals surface area contributed by atoms with Crippen molar-refractivity contribution < 1.29 is 18.9 Å². The molecule has 1 unspecified atom stereocenters. The molecule has 2 N–H and O–H groups in total. The van der Waals surface area contributed by atoms with Crippen molar-refractivity contribution in [1.29, 1.82) is 0 Å². The number of hydrogen-bond acceptors (Lipinski definition) is 5. The zero-order valence-corrected chi connectivity index (χ0v) is 13.3. The minimum Gasteiger partial charge on any atom is -0.493 e. The number of ether oxygens (including phenoxy) is 4. The molecule has 1 aromatic carbocycles. The highest BCUT2D eigenvalue weighted by atomic mass is 16.5. The van der Waals surface area contributed by atoms with Crippen molar-refractivity contribution in [3.05, 3.63) is 23.8 Å². The van der Waals surface area contributed by atoms with Crippen LogP contribution in [0.2, 0.25) is 0 Å². The van der Waals surface area contributed by atoms with Gasteiger partial charge < -0.3 is 24.7 Å². The Morgan fingerprint density at radius 1 is 1.10 bits per heavy atom.